The lowest BCUT2D eigenvalue weighted by atomic mass is 10.0. The number of nitrogens with zero attached hydrogens (tertiary/aromatic N) is 1. The third kappa shape index (κ3) is 4.33. The van der Waals surface area contributed by atoms with Crippen LogP contribution in [0.4, 0.5) is 0 Å². The molecule has 1 saturated heterocycles. The molecule has 0 unspecified atom stereocenters. The van der Waals surface area contributed by atoms with Crippen LogP contribution in [-0.4, -0.2) is 35.3 Å². The second kappa shape index (κ2) is 7.43. The van der Waals surface area contributed by atoms with Gasteiger partial charge in [0.2, 0.25) is 11.8 Å². The molecule has 0 bridgehead atoms. The van der Waals surface area contributed by atoms with Gasteiger partial charge in [0, 0.05) is 25.0 Å². The molecule has 1 aromatic carbocycles. The van der Waals surface area contributed by atoms with E-state index in [1.54, 1.807) is 4.90 Å². The fraction of sp³-hybridized carbons (Fsp3) is 0.556. The van der Waals surface area contributed by atoms with Crippen LogP contribution >= 0.6 is 0 Å². The van der Waals surface area contributed by atoms with Crippen molar-refractivity contribution in [2.45, 2.75) is 52.1 Å². The molecule has 0 saturated carbocycles. The van der Waals surface area contributed by atoms with Gasteiger partial charge in [-0.2, -0.15) is 0 Å². The number of likely N-dealkylation sites (tertiary alicyclic amines) is 1. The van der Waals surface area contributed by atoms with Gasteiger partial charge < -0.3 is 10.2 Å². The van der Waals surface area contributed by atoms with Crippen LogP contribution in [0.1, 0.15) is 39.2 Å². The molecule has 1 fully saturated rings. The summed E-state index contributed by atoms with van der Waals surface area (Å²) in [7, 11) is 0. The van der Waals surface area contributed by atoms with E-state index in [0.29, 0.717) is 13.0 Å². The molecule has 2 rings (SSSR count). The van der Waals surface area contributed by atoms with Gasteiger partial charge in [-0.05, 0) is 39.2 Å². The zero-order chi connectivity index (χ0) is 16.1. The standard InChI is InChI=1S/C18H26N2O2/c1-13(2)20-12-16(11-17(20)21)18(22)19-14(3)9-10-15-7-5-4-6-8-15/h4-8,13-14,16H,9-12H2,1-3H3,(H,19,22)/t14-,16+/m1/s1. The molecule has 120 valence electrons. The maximum atomic E-state index is 12.3. The zero-order valence-corrected chi connectivity index (χ0v) is 13.7. The van der Waals surface area contributed by atoms with Crippen LogP contribution in [0.2, 0.25) is 0 Å². The summed E-state index contributed by atoms with van der Waals surface area (Å²) in [5.74, 6) is -0.0989. The van der Waals surface area contributed by atoms with E-state index in [1.165, 1.54) is 5.56 Å². The predicted octanol–water partition coefficient (Wildman–Crippen LogP) is 2.38. The highest BCUT2D eigenvalue weighted by atomic mass is 16.2. The number of rotatable bonds is 6. The first-order valence-corrected chi connectivity index (χ1v) is 8.11. The summed E-state index contributed by atoms with van der Waals surface area (Å²) < 4.78 is 0. The van der Waals surface area contributed by atoms with Gasteiger partial charge in [-0.25, -0.2) is 0 Å². The van der Waals surface area contributed by atoms with Crippen molar-refractivity contribution in [3.8, 4) is 0 Å². The summed E-state index contributed by atoms with van der Waals surface area (Å²) in [4.78, 5) is 26.0. The first kappa shape index (κ1) is 16.5. The van der Waals surface area contributed by atoms with E-state index in [2.05, 4.69) is 17.4 Å². The first-order chi connectivity index (χ1) is 10.5. The van der Waals surface area contributed by atoms with Gasteiger partial charge in [-0.15, -0.1) is 0 Å². The lowest BCUT2D eigenvalue weighted by molar-refractivity contribution is -0.130. The Kier molecular flexibility index (Phi) is 5.58. The summed E-state index contributed by atoms with van der Waals surface area (Å²) in [5.41, 5.74) is 1.28. The fourth-order valence-electron chi connectivity index (χ4n) is 2.87. The third-order valence-corrected chi connectivity index (χ3v) is 4.25. The molecule has 1 N–H and O–H groups in total. The molecule has 22 heavy (non-hydrogen) atoms. The highest BCUT2D eigenvalue weighted by Gasteiger charge is 2.35. The van der Waals surface area contributed by atoms with Crippen LogP contribution < -0.4 is 5.32 Å². The molecular formula is C18H26N2O2. The molecule has 0 aromatic heterocycles. The first-order valence-electron chi connectivity index (χ1n) is 8.11. The number of hydrogen-bond donors (Lipinski definition) is 1. The average molecular weight is 302 g/mol. The third-order valence-electron chi connectivity index (χ3n) is 4.25. The van der Waals surface area contributed by atoms with E-state index in [1.807, 2.05) is 39.0 Å². The Hall–Kier alpha value is -1.84. The number of nitrogens with one attached hydrogen (secondary N) is 1. The van der Waals surface area contributed by atoms with Gasteiger partial charge in [-0.3, -0.25) is 9.59 Å². The van der Waals surface area contributed by atoms with Crippen molar-refractivity contribution in [1.29, 1.82) is 0 Å². The Morgan fingerprint density at radius 3 is 2.55 bits per heavy atom. The summed E-state index contributed by atoms with van der Waals surface area (Å²) >= 11 is 0. The maximum absolute atomic E-state index is 12.3. The lowest BCUT2D eigenvalue weighted by Crippen LogP contribution is -2.39. The number of carbonyl (C=O) groups is 2. The molecule has 0 aliphatic carbocycles. The topological polar surface area (TPSA) is 49.4 Å². The minimum absolute atomic E-state index is 0.0112. The summed E-state index contributed by atoms with van der Waals surface area (Å²) in [6, 6.07) is 10.6. The number of hydrogen-bond acceptors (Lipinski definition) is 2. The monoisotopic (exact) mass is 302 g/mol. The van der Waals surface area contributed by atoms with Gasteiger partial charge in [0.25, 0.3) is 0 Å². The normalized spacial score (nSPS) is 19.5. The van der Waals surface area contributed by atoms with Crippen molar-refractivity contribution in [2.75, 3.05) is 6.54 Å². The van der Waals surface area contributed by atoms with Gasteiger partial charge in [0.05, 0.1) is 5.92 Å². The Morgan fingerprint density at radius 2 is 1.95 bits per heavy atom. The number of aryl methyl sites for hydroxylation is 1. The minimum atomic E-state index is -0.200. The van der Waals surface area contributed by atoms with Crippen LogP contribution in [0.15, 0.2) is 30.3 Å². The molecular weight excluding hydrogens is 276 g/mol. The van der Waals surface area contributed by atoms with Crippen molar-refractivity contribution in [2.24, 2.45) is 5.92 Å². The Bertz CT molecular complexity index is 513. The van der Waals surface area contributed by atoms with E-state index in [9.17, 15) is 9.59 Å². The molecule has 2 atom stereocenters. The maximum Gasteiger partial charge on any atom is 0.225 e. The second-order valence-electron chi connectivity index (χ2n) is 6.47. The van der Waals surface area contributed by atoms with E-state index in [4.69, 9.17) is 0 Å². The van der Waals surface area contributed by atoms with E-state index < -0.39 is 0 Å². The van der Waals surface area contributed by atoms with Crippen LogP contribution in [0, 0.1) is 5.92 Å². The van der Waals surface area contributed by atoms with Crippen LogP contribution in [-0.2, 0) is 16.0 Å². The van der Waals surface area contributed by atoms with Gasteiger partial charge in [0.1, 0.15) is 0 Å². The molecule has 1 heterocycles. The molecule has 2 amide bonds. The molecule has 1 aliphatic heterocycles. The largest absolute Gasteiger partial charge is 0.353 e. The SMILES string of the molecule is CC(C)N1C[C@@H](C(=O)N[C@H](C)CCc2ccccc2)CC1=O. The average Bonchev–Trinajstić information content (AvgIpc) is 2.88. The van der Waals surface area contributed by atoms with Crippen molar-refractivity contribution < 1.29 is 9.59 Å². The van der Waals surface area contributed by atoms with Crippen molar-refractivity contribution in [3.63, 3.8) is 0 Å². The second-order valence-corrected chi connectivity index (χ2v) is 6.47. The summed E-state index contributed by atoms with van der Waals surface area (Å²) in [6.45, 7) is 6.55. The molecule has 0 spiro atoms. The molecule has 1 aliphatic rings. The van der Waals surface area contributed by atoms with Crippen molar-refractivity contribution >= 4 is 11.8 Å². The van der Waals surface area contributed by atoms with Crippen molar-refractivity contribution in [3.05, 3.63) is 35.9 Å². The molecule has 1 aromatic rings. The summed E-state index contributed by atoms with van der Waals surface area (Å²) in [5, 5.41) is 3.05. The highest BCUT2D eigenvalue weighted by Crippen LogP contribution is 2.20. The Morgan fingerprint density at radius 1 is 1.27 bits per heavy atom. The molecule has 4 heteroatoms. The quantitative estimate of drug-likeness (QED) is 0.877. The highest BCUT2D eigenvalue weighted by molar-refractivity contribution is 5.89. The van der Waals surface area contributed by atoms with Crippen LogP contribution in [0.25, 0.3) is 0 Å². The lowest BCUT2D eigenvalue weighted by Gasteiger charge is -2.21. The van der Waals surface area contributed by atoms with E-state index in [-0.39, 0.29) is 29.8 Å². The van der Waals surface area contributed by atoms with Crippen LogP contribution in [0.5, 0.6) is 0 Å². The van der Waals surface area contributed by atoms with Gasteiger partial charge in [0.15, 0.2) is 0 Å². The Balaban J connectivity index is 1.78. The van der Waals surface area contributed by atoms with Crippen LogP contribution in [0.3, 0.4) is 0 Å². The summed E-state index contributed by atoms with van der Waals surface area (Å²) in [6.07, 6.45) is 2.20. The molecule has 4 nitrogen and oxygen atoms in total. The zero-order valence-electron chi connectivity index (χ0n) is 13.7. The van der Waals surface area contributed by atoms with Gasteiger partial charge in [-0.1, -0.05) is 30.3 Å². The van der Waals surface area contributed by atoms with Crippen molar-refractivity contribution in [1.82, 2.24) is 10.2 Å². The predicted molar refractivity (Wildman–Crippen MR) is 87.3 cm³/mol. The fourth-order valence-corrected chi connectivity index (χ4v) is 2.87. The number of amides is 2. The number of carbonyl (C=O) groups excluding carboxylic acids is 2. The molecule has 0 radical (unpaired) electrons. The minimum Gasteiger partial charge on any atom is -0.353 e. The van der Waals surface area contributed by atoms with E-state index in [0.717, 1.165) is 12.8 Å². The Labute approximate surface area is 132 Å². The van der Waals surface area contributed by atoms with E-state index >= 15 is 0 Å². The number of benzene rings is 1. The van der Waals surface area contributed by atoms with Gasteiger partial charge >= 0.3 is 0 Å². The smallest absolute Gasteiger partial charge is 0.225 e.